The third-order valence-corrected chi connectivity index (χ3v) is 16.1. The topological polar surface area (TPSA) is 46.1 Å². The summed E-state index contributed by atoms with van der Waals surface area (Å²) >= 11 is 0. The summed E-state index contributed by atoms with van der Waals surface area (Å²) in [6, 6.07) is 84.1. The van der Waals surface area contributed by atoms with Crippen LogP contribution in [0, 0.1) is 0 Å². The van der Waals surface area contributed by atoms with Crippen molar-refractivity contribution in [2.75, 3.05) is 4.90 Å². The molecule has 0 saturated heterocycles. The number of fused-ring (bicyclic) bond motifs is 9. The standard InChI is InChI=1S/C59H40N3OP/c63-64(46-23-9-3-10-24-46,47-25-11-4-12-26-47)48-39-37-42(38-40-48)41-33-35-43(36-34-41)56-55-57(61-58(60-56)44-19-5-1-6-20-44)49-27-13-14-28-50(49)59(55)51-29-15-17-31-53(51)62(45-21-7-2-8-22-45)54-32-18-16-30-52(54)59/h1-40H. The second-order valence-electron chi connectivity index (χ2n) is 16.4. The Balaban J connectivity index is 1.05. The van der Waals surface area contributed by atoms with Gasteiger partial charge in [0, 0.05) is 43.9 Å². The van der Waals surface area contributed by atoms with Gasteiger partial charge in [-0.2, -0.15) is 0 Å². The average molecular weight is 838 g/mol. The van der Waals surface area contributed by atoms with E-state index in [4.69, 9.17) is 9.97 Å². The zero-order chi connectivity index (χ0) is 42.7. The molecule has 1 aromatic heterocycles. The van der Waals surface area contributed by atoms with E-state index in [-0.39, 0.29) is 0 Å². The van der Waals surface area contributed by atoms with Gasteiger partial charge in [-0.15, -0.1) is 0 Å². The Labute approximate surface area is 373 Å². The van der Waals surface area contributed by atoms with Crippen LogP contribution in [0.15, 0.2) is 243 Å². The van der Waals surface area contributed by atoms with Crippen molar-refractivity contribution in [3.8, 4) is 45.0 Å². The van der Waals surface area contributed by atoms with Crippen molar-refractivity contribution in [2.45, 2.75) is 5.41 Å². The molecule has 64 heavy (non-hydrogen) atoms. The minimum absolute atomic E-state index is 0.686. The molecule has 0 atom stereocenters. The van der Waals surface area contributed by atoms with Crippen molar-refractivity contribution in [2.24, 2.45) is 0 Å². The van der Waals surface area contributed by atoms with Crippen LogP contribution in [0.1, 0.15) is 22.3 Å². The van der Waals surface area contributed by atoms with E-state index in [0.29, 0.717) is 5.82 Å². The van der Waals surface area contributed by atoms with E-state index in [1.165, 1.54) is 16.7 Å². The maximum absolute atomic E-state index is 15.1. The zero-order valence-electron chi connectivity index (χ0n) is 34.8. The summed E-state index contributed by atoms with van der Waals surface area (Å²) in [6.07, 6.45) is 0. The van der Waals surface area contributed by atoms with Crippen LogP contribution in [-0.4, -0.2) is 9.97 Å². The fourth-order valence-electron chi connectivity index (χ4n) is 10.2. The van der Waals surface area contributed by atoms with Crippen LogP contribution in [0.3, 0.4) is 0 Å². The third kappa shape index (κ3) is 5.73. The van der Waals surface area contributed by atoms with E-state index < -0.39 is 12.6 Å². The molecule has 0 radical (unpaired) electrons. The Morgan fingerprint density at radius 2 is 0.781 bits per heavy atom. The molecule has 10 aromatic rings. The Morgan fingerprint density at radius 3 is 1.36 bits per heavy atom. The highest BCUT2D eigenvalue weighted by atomic mass is 31.2. The average Bonchev–Trinajstić information content (AvgIpc) is 3.67. The second-order valence-corrected chi connectivity index (χ2v) is 19.2. The normalized spacial score (nSPS) is 13.2. The Morgan fingerprint density at radius 1 is 0.359 bits per heavy atom. The van der Waals surface area contributed by atoms with Gasteiger partial charge in [0.05, 0.1) is 28.2 Å². The van der Waals surface area contributed by atoms with Gasteiger partial charge in [0.2, 0.25) is 0 Å². The van der Waals surface area contributed by atoms with Crippen LogP contribution >= 0.6 is 7.14 Å². The smallest absolute Gasteiger partial charge is 0.171 e. The van der Waals surface area contributed by atoms with Crippen LogP contribution in [0.25, 0.3) is 45.0 Å². The van der Waals surface area contributed by atoms with Gasteiger partial charge in [-0.3, -0.25) is 0 Å². The molecular weight excluding hydrogens is 798 g/mol. The van der Waals surface area contributed by atoms with E-state index in [2.05, 4.69) is 157 Å². The summed E-state index contributed by atoms with van der Waals surface area (Å²) < 4.78 is 15.1. The molecule has 9 aromatic carbocycles. The number of anilines is 3. The van der Waals surface area contributed by atoms with Crippen LogP contribution in [0.5, 0.6) is 0 Å². The van der Waals surface area contributed by atoms with E-state index in [1.807, 2.05) is 91.0 Å². The quantitative estimate of drug-likeness (QED) is 0.150. The lowest BCUT2D eigenvalue weighted by Gasteiger charge is -2.45. The van der Waals surface area contributed by atoms with Crippen molar-refractivity contribution < 1.29 is 4.57 Å². The SMILES string of the molecule is O=P(c1ccccc1)(c1ccccc1)c1ccc(-c2ccc(-c3nc(-c4ccccc4)nc4c3C3(c5ccccc5-4)c4ccccc4N(c4ccccc4)c4ccccc43)cc2)cc1. The molecule has 5 heteroatoms. The van der Waals surface area contributed by atoms with Gasteiger partial charge in [-0.05, 0) is 52.1 Å². The molecule has 0 bridgehead atoms. The lowest BCUT2D eigenvalue weighted by molar-refractivity contribution is 0.592. The summed E-state index contributed by atoms with van der Waals surface area (Å²) in [4.78, 5) is 13.5. The van der Waals surface area contributed by atoms with E-state index in [1.54, 1.807) is 0 Å². The third-order valence-electron chi connectivity index (χ3n) is 13.0. The molecule has 12 rings (SSSR count). The van der Waals surface area contributed by atoms with Gasteiger partial charge in [0.25, 0.3) is 0 Å². The van der Waals surface area contributed by atoms with E-state index in [0.717, 1.165) is 77.7 Å². The summed E-state index contributed by atoms with van der Waals surface area (Å²) in [5, 5.41) is 2.45. The first kappa shape index (κ1) is 37.8. The molecule has 0 saturated carbocycles. The number of benzene rings is 9. The molecular formula is C59H40N3OP. The van der Waals surface area contributed by atoms with Crippen LogP contribution < -0.4 is 20.8 Å². The molecule has 2 heterocycles. The van der Waals surface area contributed by atoms with Crippen LogP contribution in [-0.2, 0) is 9.98 Å². The van der Waals surface area contributed by atoms with Gasteiger partial charge in [0.15, 0.2) is 13.0 Å². The van der Waals surface area contributed by atoms with Crippen molar-refractivity contribution in [3.63, 3.8) is 0 Å². The van der Waals surface area contributed by atoms with E-state index >= 15 is 4.57 Å². The fraction of sp³-hybridized carbons (Fsp3) is 0.0169. The highest BCUT2D eigenvalue weighted by Crippen LogP contribution is 2.64. The van der Waals surface area contributed by atoms with Gasteiger partial charge >= 0.3 is 0 Å². The molecule has 0 fully saturated rings. The van der Waals surface area contributed by atoms with Gasteiger partial charge < -0.3 is 9.46 Å². The molecule has 1 aliphatic heterocycles. The summed E-state index contributed by atoms with van der Waals surface area (Å²) in [7, 11) is -3.10. The van der Waals surface area contributed by atoms with Crippen molar-refractivity contribution in [1.82, 2.24) is 9.97 Å². The largest absolute Gasteiger partial charge is 0.310 e. The monoisotopic (exact) mass is 837 g/mol. The highest BCUT2D eigenvalue weighted by molar-refractivity contribution is 7.85. The summed E-state index contributed by atoms with van der Waals surface area (Å²) in [6.45, 7) is 0. The Kier molecular flexibility index (Phi) is 8.96. The molecule has 302 valence electrons. The van der Waals surface area contributed by atoms with Gasteiger partial charge in [-0.1, -0.05) is 218 Å². The zero-order valence-corrected chi connectivity index (χ0v) is 35.7. The first-order chi connectivity index (χ1) is 31.6. The summed E-state index contributed by atoms with van der Waals surface area (Å²) in [5.41, 5.74) is 14.3. The first-order valence-electron chi connectivity index (χ1n) is 21.7. The number of hydrogen-bond donors (Lipinski definition) is 0. The van der Waals surface area contributed by atoms with Gasteiger partial charge in [0.1, 0.15) is 0 Å². The van der Waals surface area contributed by atoms with E-state index in [9.17, 15) is 0 Å². The van der Waals surface area contributed by atoms with Crippen molar-refractivity contribution in [3.05, 3.63) is 265 Å². The second kappa shape index (κ2) is 15.2. The predicted molar refractivity (Wildman–Crippen MR) is 263 cm³/mol. The molecule has 0 N–H and O–H groups in total. The minimum atomic E-state index is -3.10. The molecule has 1 aliphatic carbocycles. The molecule has 1 spiro atoms. The minimum Gasteiger partial charge on any atom is -0.310 e. The number of aromatic nitrogens is 2. The molecule has 4 nitrogen and oxygen atoms in total. The maximum atomic E-state index is 15.1. The maximum Gasteiger partial charge on any atom is 0.171 e. The summed E-state index contributed by atoms with van der Waals surface area (Å²) in [5.74, 6) is 0.686. The lowest BCUT2D eigenvalue weighted by atomic mass is 9.64. The predicted octanol–water partition coefficient (Wildman–Crippen LogP) is 13.3. The number of para-hydroxylation sites is 3. The molecule has 0 unspecified atom stereocenters. The van der Waals surface area contributed by atoms with Gasteiger partial charge in [-0.25, -0.2) is 9.97 Å². The molecule has 0 amide bonds. The Hall–Kier alpha value is -7.91. The Bertz CT molecular complexity index is 3300. The van der Waals surface area contributed by atoms with Crippen LogP contribution in [0.4, 0.5) is 17.1 Å². The fourth-order valence-corrected chi connectivity index (χ4v) is 12.8. The van der Waals surface area contributed by atoms with Crippen molar-refractivity contribution in [1.29, 1.82) is 0 Å². The van der Waals surface area contributed by atoms with Crippen LogP contribution in [0.2, 0.25) is 0 Å². The van der Waals surface area contributed by atoms with Crippen molar-refractivity contribution >= 4 is 40.1 Å². The first-order valence-corrected chi connectivity index (χ1v) is 23.4. The number of hydrogen-bond acceptors (Lipinski definition) is 4. The lowest BCUT2D eigenvalue weighted by Crippen LogP contribution is -2.36. The highest BCUT2D eigenvalue weighted by Gasteiger charge is 2.54. The number of nitrogens with zero attached hydrogens (tertiary/aromatic N) is 3. The number of rotatable bonds is 7. The molecule has 2 aliphatic rings.